The second kappa shape index (κ2) is 9.13. The van der Waals surface area contributed by atoms with Gasteiger partial charge in [0, 0.05) is 52.5 Å². The van der Waals surface area contributed by atoms with E-state index < -0.39 is 0 Å². The molecule has 1 aliphatic heterocycles. The fourth-order valence-electron chi connectivity index (χ4n) is 4.27. The van der Waals surface area contributed by atoms with E-state index in [1.807, 2.05) is 24.3 Å². The number of rotatable bonds is 6. The minimum Gasteiger partial charge on any atom is -0.355 e. The summed E-state index contributed by atoms with van der Waals surface area (Å²) in [5.74, 6) is 0.887. The molecular weight excluding hydrogens is 418 g/mol. The molecule has 162 valence electrons. The van der Waals surface area contributed by atoms with Crippen molar-refractivity contribution in [3.63, 3.8) is 0 Å². The molecule has 4 aromatic rings. The average molecular weight is 444 g/mol. The van der Waals surface area contributed by atoms with Crippen LogP contribution < -0.4 is 10.2 Å². The van der Waals surface area contributed by atoms with Crippen LogP contribution in [0, 0.1) is 6.92 Å². The van der Waals surface area contributed by atoms with Gasteiger partial charge in [0.2, 0.25) is 5.95 Å². The highest BCUT2D eigenvalue weighted by Gasteiger charge is 2.16. The second-order valence-corrected chi connectivity index (χ2v) is 8.78. The first-order valence-electron chi connectivity index (χ1n) is 11.1. The molecule has 0 unspecified atom stereocenters. The van der Waals surface area contributed by atoms with Crippen LogP contribution >= 0.6 is 11.6 Å². The molecule has 0 spiro atoms. The van der Waals surface area contributed by atoms with E-state index in [9.17, 15) is 0 Å². The molecule has 3 heterocycles. The number of nitrogens with one attached hydrogen (secondary N) is 1. The Kier molecular flexibility index (Phi) is 5.91. The van der Waals surface area contributed by atoms with Crippen LogP contribution in [0.5, 0.6) is 0 Å². The monoisotopic (exact) mass is 443 g/mol. The molecule has 32 heavy (non-hydrogen) atoms. The van der Waals surface area contributed by atoms with E-state index in [1.165, 1.54) is 18.4 Å². The number of pyridine rings is 1. The summed E-state index contributed by atoms with van der Waals surface area (Å²) in [6.07, 6.45) is 6.08. The molecule has 0 aliphatic carbocycles. The molecule has 5 rings (SSSR count). The van der Waals surface area contributed by atoms with Crippen LogP contribution in [0.15, 0.2) is 60.8 Å². The summed E-state index contributed by atoms with van der Waals surface area (Å²) in [5.41, 5.74) is 6.38. The van der Waals surface area contributed by atoms with Crippen molar-refractivity contribution in [2.24, 2.45) is 0 Å². The number of fused-ring (bicyclic) bond motifs is 1. The number of halogens is 1. The second-order valence-electron chi connectivity index (χ2n) is 8.34. The summed E-state index contributed by atoms with van der Waals surface area (Å²) in [7, 11) is 0. The van der Waals surface area contributed by atoms with E-state index in [4.69, 9.17) is 16.6 Å². The van der Waals surface area contributed by atoms with Gasteiger partial charge in [-0.25, -0.2) is 9.97 Å². The van der Waals surface area contributed by atoms with E-state index in [-0.39, 0.29) is 0 Å². The van der Waals surface area contributed by atoms with Crippen LogP contribution in [-0.4, -0.2) is 28.0 Å². The van der Waals surface area contributed by atoms with Crippen molar-refractivity contribution in [3.05, 3.63) is 82.8 Å². The summed E-state index contributed by atoms with van der Waals surface area (Å²) in [5, 5.41) is 5.29. The fourth-order valence-corrected chi connectivity index (χ4v) is 4.43. The average Bonchev–Trinajstić information content (AvgIpc) is 3.33. The zero-order valence-electron chi connectivity index (χ0n) is 18.2. The molecule has 0 radical (unpaired) electrons. The van der Waals surface area contributed by atoms with Gasteiger partial charge in [-0.1, -0.05) is 23.7 Å². The molecule has 0 atom stereocenters. The number of aryl methyl sites for hydroxylation is 3. The summed E-state index contributed by atoms with van der Waals surface area (Å²) < 4.78 is 0. The smallest absolute Gasteiger partial charge is 0.225 e. The third-order valence-corrected chi connectivity index (χ3v) is 6.10. The fraction of sp³-hybridized carbons (Fsp3) is 0.269. The molecule has 2 aromatic carbocycles. The van der Waals surface area contributed by atoms with Gasteiger partial charge in [-0.05, 0) is 80.6 Å². The minimum absolute atomic E-state index is 0.692. The standard InChI is InChI=1S/C26H26ClN5/c1-18-15-22(31-26(29-18)32-13-2-3-14-32)9-7-19-5-4-6-21(16-19)30-24-11-12-28-25-17-20(27)8-10-23(24)25/h4-6,8,10-12,15-17H,2-3,7,9,13-14H2,1H3,(H,28,30). The van der Waals surface area contributed by atoms with Gasteiger partial charge in [0.25, 0.3) is 0 Å². The Morgan fingerprint density at radius 3 is 2.72 bits per heavy atom. The number of aromatic nitrogens is 3. The van der Waals surface area contributed by atoms with Crippen LogP contribution in [-0.2, 0) is 12.8 Å². The maximum absolute atomic E-state index is 6.12. The first-order valence-corrected chi connectivity index (χ1v) is 11.5. The van der Waals surface area contributed by atoms with Gasteiger partial charge >= 0.3 is 0 Å². The minimum atomic E-state index is 0.692. The van der Waals surface area contributed by atoms with Gasteiger partial charge in [0.05, 0.1) is 5.52 Å². The van der Waals surface area contributed by atoms with Gasteiger partial charge in [-0.15, -0.1) is 0 Å². The van der Waals surface area contributed by atoms with Gasteiger partial charge < -0.3 is 10.2 Å². The molecule has 2 aromatic heterocycles. The lowest BCUT2D eigenvalue weighted by Gasteiger charge is -2.16. The lowest BCUT2D eigenvalue weighted by molar-refractivity contribution is 0.841. The summed E-state index contributed by atoms with van der Waals surface area (Å²) >= 11 is 6.12. The Balaban J connectivity index is 1.31. The Bertz CT molecular complexity index is 1250. The van der Waals surface area contributed by atoms with Gasteiger partial charge in [-0.2, -0.15) is 0 Å². The van der Waals surface area contributed by atoms with Crippen molar-refractivity contribution in [2.75, 3.05) is 23.3 Å². The highest BCUT2D eigenvalue weighted by Crippen LogP contribution is 2.27. The lowest BCUT2D eigenvalue weighted by Crippen LogP contribution is -2.21. The highest BCUT2D eigenvalue weighted by atomic mass is 35.5. The van der Waals surface area contributed by atoms with Crippen molar-refractivity contribution >= 4 is 39.8 Å². The van der Waals surface area contributed by atoms with E-state index in [0.717, 1.165) is 65.5 Å². The molecular formula is C26H26ClN5. The largest absolute Gasteiger partial charge is 0.355 e. The summed E-state index contributed by atoms with van der Waals surface area (Å²) in [6.45, 7) is 4.18. The lowest BCUT2D eigenvalue weighted by atomic mass is 10.1. The molecule has 6 heteroatoms. The number of benzene rings is 2. The molecule has 1 saturated heterocycles. The summed E-state index contributed by atoms with van der Waals surface area (Å²) in [6, 6.07) is 18.5. The molecule has 0 bridgehead atoms. The third kappa shape index (κ3) is 4.68. The highest BCUT2D eigenvalue weighted by molar-refractivity contribution is 6.31. The first kappa shape index (κ1) is 20.7. The van der Waals surface area contributed by atoms with E-state index >= 15 is 0 Å². The Morgan fingerprint density at radius 1 is 0.969 bits per heavy atom. The molecule has 1 N–H and O–H groups in total. The van der Waals surface area contributed by atoms with E-state index in [0.29, 0.717) is 5.02 Å². The number of hydrogen-bond acceptors (Lipinski definition) is 5. The molecule has 1 aliphatic rings. The van der Waals surface area contributed by atoms with E-state index in [2.05, 4.69) is 57.4 Å². The van der Waals surface area contributed by atoms with Gasteiger partial charge in [-0.3, -0.25) is 4.98 Å². The topological polar surface area (TPSA) is 53.9 Å². The number of hydrogen-bond donors (Lipinski definition) is 1. The third-order valence-electron chi connectivity index (χ3n) is 5.86. The molecule has 0 saturated carbocycles. The van der Waals surface area contributed by atoms with Crippen LogP contribution in [0.3, 0.4) is 0 Å². The van der Waals surface area contributed by atoms with Crippen molar-refractivity contribution in [2.45, 2.75) is 32.6 Å². The summed E-state index contributed by atoms with van der Waals surface area (Å²) in [4.78, 5) is 16.2. The molecule has 5 nitrogen and oxygen atoms in total. The SMILES string of the molecule is Cc1cc(CCc2cccc(Nc3ccnc4cc(Cl)ccc34)c2)nc(N2CCCC2)n1. The van der Waals surface area contributed by atoms with E-state index in [1.54, 1.807) is 6.20 Å². The molecule has 1 fully saturated rings. The Labute approximate surface area is 193 Å². The van der Waals surface area contributed by atoms with Crippen molar-refractivity contribution in [1.82, 2.24) is 15.0 Å². The van der Waals surface area contributed by atoms with Crippen molar-refractivity contribution in [1.29, 1.82) is 0 Å². The van der Waals surface area contributed by atoms with Crippen LogP contribution in [0.4, 0.5) is 17.3 Å². The Morgan fingerprint density at radius 2 is 1.84 bits per heavy atom. The Hall–Kier alpha value is -3.18. The maximum atomic E-state index is 6.12. The maximum Gasteiger partial charge on any atom is 0.225 e. The zero-order valence-corrected chi connectivity index (χ0v) is 18.9. The predicted octanol–water partition coefficient (Wildman–Crippen LogP) is 6.12. The zero-order chi connectivity index (χ0) is 21.9. The van der Waals surface area contributed by atoms with Gasteiger partial charge in [0.1, 0.15) is 0 Å². The normalized spacial score (nSPS) is 13.6. The number of anilines is 3. The predicted molar refractivity (Wildman–Crippen MR) is 132 cm³/mol. The van der Waals surface area contributed by atoms with Crippen molar-refractivity contribution in [3.8, 4) is 0 Å². The van der Waals surface area contributed by atoms with Crippen LogP contribution in [0.1, 0.15) is 29.8 Å². The van der Waals surface area contributed by atoms with Crippen LogP contribution in [0.2, 0.25) is 5.02 Å². The van der Waals surface area contributed by atoms with Gasteiger partial charge in [0.15, 0.2) is 0 Å². The first-order chi connectivity index (χ1) is 15.6. The van der Waals surface area contributed by atoms with Crippen LogP contribution in [0.25, 0.3) is 10.9 Å². The molecule has 0 amide bonds. The number of nitrogens with zero attached hydrogens (tertiary/aromatic N) is 4. The quantitative estimate of drug-likeness (QED) is 0.389. The van der Waals surface area contributed by atoms with Crippen molar-refractivity contribution < 1.29 is 0 Å².